The Bertz CT molecular complexity index is 1220. The molecule has 0 bridgehead atoms. The van der Waals surface area contributed by atoms with Crippen LogP contribution in [0.2, 0.25) is 0 Å². The first-order valence-corrected chi connectivity index (χ1v) is 10.5. The molecule has 8 heteroatoms. The number of carbonyl (C=O) groups excluding carboxylic acids is 3. The number of fused-ring (bicyclic) bond motifs is 1. The summed E-state index contributed by atoms with van der Waals surface area (Å²) in [5.41, 5.74) is 2.59. The van der Waals surface area contributed by atoms with Crippen LogP contribution in [0.15, 0.2) is 59.6 Å². The highest BCUT2D eigenvalue weighted by Crippen LogP contribution is 2.32. The molecule has 1 aliphatic heterocycles. The van der Waals surface area contributed by atoms with Gasteiger partial charge in [0.05, 0.1) is 11.5 Å². The van der Waals surface area contributed by atoms with Gasteiger partial charge in [-0.25, -0.2) is 4.39 Å². The summed E-state index contributed by atoms with van der Waals surface area (Å²) in [6, 6.07) is 14.1. The van der Waals surface area contributed by atoms with E-state index < -0.39 is 23.7 Å². The van der Waals surface area contributed by atoms with Gasteiger partial charge in [-0.2, -0.15) is 0 Å². The molecule has 31 heavy (non-hydrogen) atoms. The van der Waals surface area contributed by atoms with Crippen molar-refractivity contribution >= 4 is 45.9 Å². The number of halogens is 1. The number of imide groups is 1. The summed E-state index contributed by atoms with van der Waals surface area (Å²) in [5.74, 6) is -1.40. The Morgan fingerprint density at radius 1 is 1.16 bits per heavy atom. The molecule has 0 atom stereocenters. The van der Waals surface area contributed by atoms with Crippen molar-refractivity contribution in [2.24, 2.45) is 0 Å². The smallest absolute Gasteiger partial charge is 0.326 e. The Morgan fingerprint density at radius 2 is 2.00 bits per heavy atom. The van der Waals surface area contributed by atoms with Crippen molar-refractivity contribution in [3.63, 3.8) is 0 Å². The van der Waals surface area contributed by atoms with Crippen LogP contribution < -0.4 is 0 Å². The predicted octanol–water partition coefficient (Wildman–Crippen LogP) is 4.43. The van der Waals surface area contributed by atoms with E-state index in [2.05, 4.69) is 0 Å². The lowest BCUT2D eigenvalue weighted by molar-refractivity contribution is -0.145. The molecule has 1 aliphatic rings. The maximum atomic E-state index is 13.5. The van der Waals surface area contributed by atoms with Gasteiger partial charge in [-0.05, 0) is 66.2 Å². The van der Waals surface area contributed by atoms with E-state index in [-0.39, 0.29) is 17.3 Å². The second kappa shape index (κ2) is 8.77. The van der Waals surface area contributed by atoms with E-state index in [1.54, 1.807) is 19.1 Å². The molecule has 0 aliphatic carbocycles. The number of hydrogen-bond acceptors (Lipinski definition) is 5. The fraction of sp³-hybridized carbons (Fsp3) is 0.174. The van der Waals surface area contributed by atoms with Gasteiger partial charge in [-0.15, -0.1) is 0 Å². The third kappa shape index (κ3) is 4.54. The molecular formula is C23H19FN2O4S. The SMILES string of the molecule is CCOC(=O)CN1C(=O)S/C(=C\c2ccc3c(ccn3Cc3cccc(F)c3)c2)C1=O. The maximum absolute atomic E-state index is 13.5. The molecule has 158 valence electrons. The Hall–Kier alpha value is -3.39. The van der Waals surface area contributed by atoms with Crippen LogP contribution in [0.4, 0.5) is 9.18 Å². The van der Waals surface area contributed by atoms with Crippen LogP contribution in [-0.2, 0) is 20.9 Å². The molecule has 0 saturated carbocycles. The largest absolute Gasteiger partial charge is 0.465 e. The van der Waals surface area contributed by atoms with E-state index in [1.165, 1.54) is 12.1 Å². The third-order valence-corrected chi connectivity index (χ3v) is 5.71. The van der Waals surface area contributed by atoms with Crippen molar-refractivity contribution in [3.8, 4) is 0 Å². The Kier molecular flexibility index (Phi) is 5.90. The molecular weight excluding hydrogens is 419 g/mol. The minimum absolute atomic E-state index is 0.184. The van der Waals surface area contributed by atoms with Crippen molar-refractivity contribution in [2.45, 2.75) is 13.5 Å². The van der Waals surface area contributed by atoms with Crippen molar-refractivity contribution in [1.29, 1.82) is 0 Å². The van der Waals surface area contributed by atoms with Crippen LogP contribution >= 0.6 is 11.8 Å². The number of ether oxygens (including phenoxy) is 1. The fourth-order valence-corrected chi connectivity index (χ4v) is 4.24. The molecule has 0 radical (unpaired) electrons. The van der Waals surface area contributed by atoms with Gasteiger partial charge in [0, 0.05) is 23.6 Å². The van der Waals surface area contributed by atoms with Gasteiger partial charge in [0.25, 0.3) is 11.1 Å². The van der Waals surface area contributed by atoms with E-state index in [0.717, 1.165) is 38.7 Å². The number of carbonyl (C=O) groups is 3. The number of nitrogens with zero attached hydrogens (tertiary/aromatic N) is 2. The Morgan fingerprint density at radius 3 is 2.77 bits per heavy atom. The number of esters is 1. The van der Waals surface area contributed by atoms with Gasteiger partial charge in [0.1, 0.15) is 12.4 Å². The van der Waals surface area contributed by atoms with Gasteiger partial charge in [0.2, 0.25) is 0 Å². The van der Waals surface area contributed by atoms with E-state index in [4.69, 9.17) is 4.74 Å². The first-order chi connectivity index (χ1) is 14.9. The standard InChI is InChI=1S/C23H19FN2O4S/c1-2-30-21(27)14-26-22(28)20(31-23(26)29)12-15-6-7-19-17(10-15)8-9-25(19)13-16-4-3-5-18(24)11-16/h3-12H,2,13-14H2,1H3/b20-12-. The molecule has 1 saturated heterocycles. The summed E-state index contributed by atoms with van der Waals surface area (Å²) in [7, 11) is 0. The van der Waals surface area contributed by atoms with Crippen molar-refractivity contribution in [3.05, 3.63) is 76.6 Å². The van der Waals surface area contributed by atoms with Gasteiger partial charge < -0.3 is 9.30 Å². The zero-order valence-electron chi connectivity index (χ0n) is 16.7. The van der Waals surface area contributed by atoms with Crippen LogP contribution in [0.3, 0.4) is 0 Å². The van der Waals surface area contributed by atoms with Gasteiger partial charge >= 0.3 is 5.97 Å². The van der Waals surface area contributed by atoms with E-state index >= 15 is 0 Å². The lowest BCUT2D eigenvalue weighted by Crippen LogP contribution is -2.34. The van der Waals surface area contributed by atoms with Crippen molar-refractivity contribution in [2.75, 3.05) is 13.2 Å². The van der Waals surface area contributed by atoms with Crippen LogP contribution in [0.5, 0.6) is 0 Å². The van der Waals surface area contributed by atoms with Gasteiger partial charge in [0.15, 0.2) is 0 Å². The highest BCUT2D eigenvalue weighted by molar-refractivity contribution is 8.18. The van der Waals surface area contributed by atoms with Gasteiger partial charge in [-0.1, -0.05) is 18.2 Å². The highest BCUT2D eigenvalue weighted by atomic mass is 32.2. The number of amides is 2. The molecule has 3 aromatic rings. The molecule has 1 aromatic heterocycles. The van der Waals surface area contributed by atoms with E-state index in [9.17, 15) is 18.8 Å². The van der Waals surface area contributed by atoms with E-state index in [1.807, 2.05) is 41.1 Å². The fourth-order valence-electron chi connectivity index (χ4n) is 3.40. The third-order valence-electron chi connectivity index (χ3n) is 4.80. The topological polar surface area (TPSA) is 68.6 Å². The molecule has 0 unspecified atom stereocenters. The molecule has 0 spiro atoms. The summed E-state index contributed by atoms with van der Waals surface area (Å²) in [4.78, 5) is 37.4. The summed E-state index contributed by atoms with van der Waals surface area (Å²) in [6.45, 7) is 1.99. The zero-order chi connectivity index (χ0) is 22.0. The summed E-state index contributed by atoms with van der Waals surface area (Å²) in [5, 5.41) is 0.461. The quantitative estimate of drug-likeness (QED) is 0.421. The number of rotatable bonds is 6. The predicted molar refractivity (Wildman–Crippen MR) is 117 cm³/mol. The number of benzene rings is 2. The first kappa shape index (κ1) is 20.9. The second-order valence-corrected chi connectivity index (χ2v) is 7.96. The monoisotopic (exact) mass is 438 g/mol. The van der Waals surface area contributed by atoms with E-state index in [0.29, 0.717) is 6.54 Å². The summed E-state index contributed by atoms with van der Waals surface area (Å²) < 4.78 is 20.3. The first-order valence-electron chi connectivity index (χ1n) is 9.69. The minimum atomic E-state index is -0.618. The lowest BCUT2D eigenvalue weighted by Gasteiger charge is -2.10. The second-order valence-electron chi connectivity index (χ2n) is 6.96. The molecule has 0 N–H and O–H groups in total. The summed E-state index contributed by atoms with van der Waals surface area (Å²) in [6.07, 6.45) is 3.56. The van der Waals surface area contributed by atoms with Crippen molar-refractivity contribution in [1.82, 2.24) is 9.47 Å². The lowest BCUT2D eigenvalue weighted by atomic mass is 10.1. The molecule has 1 fully saturated rings. The van der Waals surface area contributed by atoms with Crippen LogP contribution in [0.1, 0.15) is 18.1 Å². The van der Waals surface area contributed by atoms with Crippen LogP contribution in [0, 0.1) is 5.82 Å². The number of hydrogen-bond donors (Lipinski definition) is 0. The number of aromatic nitrogens is 1. The Labute approximate surface area is 182 Å². The maximum Gasteiger partial charge on any atom is 0.326 e. The number of thioether (sulfide) groups is 1. The average Bonchev–Trinajstić information content (AvgIpc) is 3.24. The molecule has 2 amide bonds. The Balaban J connectivity index is 1.54. The zero-order valence-corrected chi connectivity index (χ0v) is 17.5. The average molecular weight is 438 g/mol. The summed E-state index contributed by atoms with van der Waals surface area (Å²) >= 11 is 0.800. The van der Waals surface area contributed by atoms with Crippen LogP contribution in [-0.4, -0.2) is 39.7 Å². The molecule has 6 nitrogen and oxygen atoms in total. The normalized spacial score (nSPS) is 15.3. The van der Waals surface area contributed by atoms with Crippen molar-refractivity contribution < 1.29 is 23.5 Å². The minimum Gasteiger partial charge on any atom is -0.465 e. The van der Waals surface area contributed by atoms with Crippen LogP contribution in [0.25, 0.3) is 17.0 Å². The molecule has 2 heterocycles. The highest BCUT2D eigenvalue weighted by Gasteiger charge is 2.36. The molecule has 4 rings (SSSR count). The van der Waals surface area contributed by atoms with Gasteiger partial charge in [-0.3, -0.25) is 19.3 Å². The molecule has 2 aromatic carbocycles.